The maximum atomic E-state index is 12.4. The topological polar surface area (TPSA) is 89.8 Å². The Labute approximate surface area is 168 Å². The first-order valence-electron chi connectivity index (χ1n) is 10.3. The van der Waals surface area contributed by atoms with Crippen LogP contribution in [0, 0.1) is 11.8 Å². The zero-order valence-electron chi connectivity index (χ0n) is 17.3. The van der Waals surface area contributed by atoms with E-state index in [0.29, 0.717) is 13.1 Å². The lowest BCUT2D eigenvalue weighted by Gasteiger charge is -2.39. The van der Waals surface area contributed by atoms with Crippen LogP contribution >= 0.6 is 0 Å². The SMILES string of the molecule is CC(C)NC(=O)N1CC[C@@H](CC(=O)[O-])[C@@H](CC[NH+](C)CCc2ccccn2)C1. The van der Waals surface area contributed by atoms with E-state index in [0.717, 1.165) is 38.0 Å². The Bertz CT molecular complexity index is 623. The van der Waals surface area contributed by atoms with Gasteiger partial charge in [0.2, 0.25) is 0 Å². The predicted octanol–water partition coefficient (Wildman–Crippen LogP) is -0.275. The van der Waals surface area contributed by atoms with Crippen molar-refractivity contribution in [3.8, 4) is 0 Å². The van der Waals surface area contributed by atoms with Gasteiger partial charge in [0.25, 0.3) is 0 Å². The zero-order chi connectivity index (χ0) is 20.5. The Morgan fingerprint density at radius 2 is 2.11 bits per heavy atom. The van der Waals surface area contributed by atoms with Gasteiger partial charge in [0.15, 0.2) is 0 Å². The average Bonchev–Trinajstić information content (AvgIpc) is 2.65. The van der Waals surface area contributed by atoms with E-state index in [4.69, 9.17) is 0 Å². The third-order valence-corrected chi connectivity index (χ3v) is 5.50. The number of carbonyl (C=O) groups is 2. The van der Waals surface area contributed by atoms with E-state index in [1.54, 1.807) is 0 Å². The fraction of sp³-hybridized carbons (Fsp3) is 0.667. The van der Waals surface area contributed by atoms with Gasteiger partial charge in [-0.1, -0.05) is 6.07 Å². The standard InChI is InChI=1S/C21H34N4O3/c1-16(2)23-21(28)25-13-8-17(14-20(26)27)18(15-25)7-11-24(3)12-9-19-6-4-5-10-22-19/h4-6,10,16-18H,7-9,11-15H2,1-3H3,(H,23,28)(H,26,27)/t17-,18-/m0/s1. The number of nitrogens with one attached hydrogen (secondary N) is 2. The number of carbonyl (C=O) groups excluding carboxylic acids is 2. The largest absolute Gasteiger partial charge is 0.550 e. The number of urea groups is 1. The van der Waals surface area contributed by atoms with Crippen molar-refractivity contribution in [2.24, 2.45) is 11.8 Å². The molecule has 7 heteroatoms. The minimum Gasteiger partial charge on any atom is -0.550 e. The number of amides is 2. The summed E-state index contributed by atoms with van der Waals surface area (Å²) in [6, 6.07) is 6.00. The maximum Gasteiger partial charge on any atom is 0.317 e. The van der Waals surface area contributed by atoms with E-state index in [1.165, 1.54) is 4.90 Å². The summed E-state index contributed by atoms with van der Waals surface area (Å²) in [6.07, 6.45) is 4.43. The van der Waals surface area contributed by atoms with Crippen LogP contribution in [-0.4, -0.2) is 61.2 Å². The van der Waals surface area contributed by atoms with E-state index in [9.17, 15) is 14.7 Å². The Kier molecular flexibility index (Phi) is 8.70. The highest BCUT2D eigenvalue weighted by atomic mass is 16.4. The number of hydrogen-bond donors (Lipinski definition) is 2. The molecule has 1 aromatic heterocycles. The summed E-state index contributed by atoms with van der Waals surface area (Å²) < 4.78 is 0. The number of piperidine rings is 1. The molecule has 0 spiro atoms. The minimum atomic E-state index is -0.995. The van der Waals surface area contributed by atoms with Gasteiger partial charge in [-0.2, -0.15) is 0 Å². The third kappa shape index (κ3) is 7.46. The summed E-state index contributed by atoms with van der Waals surface area (Å²) in [4.78, 5) is 31.1. The van der Waals surface area contributed by atoms with Gasteiger partial charge in [-0.05, 0) is 50.7 Å². The van der Waals surface area contributed by atoms with Crippen molar-refractivity contribution in [2.75, 3.05) is 33.2 Å². The fourth-order valence-corrected chi connectivity index (χ4v) is 3.86. The molecule has 1 aliphatic rings. The number of aromatic nitrogens is 1. The molecule has 156 valence electrons. The lowest BCUT2D eigenvalue weighted by molar-refractivity contribution is -0.880. The molecular formula is C21H34N4O3. The molecule has 0 aromatic carbocycles. The molecule has 1 aromatic rings. The Balaban J connectivity index is 1.87. The first kappa shape index (κ1) is 22.1. The van der Waals surface area contributed by atoms with Gasteiger partial charge in [-0.15, -0.1) is 0 Å². The second-order valence-corrected chi connectivity index (χ2v) is 8.25. The summed E-state index contributed by atoms with van der Waals surface area (Å²) in [5.41, 5.74) is 1.09. The molecule has 0 radical (unpaired) electrons. The number of aliphatic carboxylic acids is 1. The van der Waals surface area contributed by atoms with Crippen LogP contribution in [-0.2, 0) is 11.2 Å². The van der Waals surface area contributed by atoms with Crippen molar-refractivity contribution in [2.45, 2.75) is 45.6 Å². The third-order valence-electron chi connectivity index (χ3n) is 5.50. The number of likely N-dealkylation sites (N-methyl/N-ethyl adjacent to an activating group) is 1. The number of quaternary nitrogens is 1. The Morgan fingerprint density at radius 3 is 2.75 bits per heavy atom. The Hall–Kier alpha value is -2.15. The lowest BCUT2D eigenvalue weighted by Crippen LogP contribution is -3.09. The van der Waals surface area contributed by atoms with Crippen molar-refractivity contribution in [1.29, 1.82) is 0 Å². The lowest BCUT2D eigenvalue weighted by atomic mass is 9.81. The van der Waals surface area contributed by atoms with E-state index >= 15 is 0 Å². The summed E-state index contributed by atoms with van der Waals surface area (Å²) >= 11 is 0. The molecule has 7 nitrogen and oxygen atoms in total. The van der Waals surface area contributed by atoms with Crippen molar-refractivity contribution in [1.82, 2.24) is 15.2 Å². The van der Waals surface area contributed by atoms with Gasteiger partial charge in [-0.25, -0.2) is 4.79 Å². The smallest absolute Gasteiger partial charge is 0.317 e. The molecular weight excluding hydrogens is 356 g/mol. The maximum absolute atomic E-state index is 12.4. The molecule has 0 aliphatic carbocycles. The number of hydrogen-bond acceptors (Lipinski definition) is 4. The van der Waals surface area contributed by atoms with Crippen molar-refractivity contribution in [3.05, 3.63) is 30.1 Å². The molecule has 2 amide bonds. The summed E-state index contributed by atoms with van der Waals surface area (Å²) in [7, 11) is 2.16. The molecule has 28 heavy (non-hydrogen) atoms. The number of likely N-dealkylation sites (tertiary alicyclic amines) is 1. The average molecular weight is 391 g/mol. The van der Waals surface area contributed by atoms with Crippen molar-refractivity contribution < 1.29 is 19.6 Å². The van der Waals surface area contributed by atoms with E-state index in [1.807, 2.05) is 43.1 Å². The van der Waals surface area contributed by atoms with Crippen LogP contribution < -0.4 is 15.3 Å². The van der Waals surface area contributed by atoms with Crippen LogP contribution in [0.15, 0.2) is 24.4 Å². The van der Waals surface area contributed by atoms with E-state index in [-0.39, 0.29) is 30.3 Å². The molecule has 1 saturated heterocycles. The van der Waals surface area contributed by atoms with Gasteiger partial charge >= 0.3 is 6.03 Å². The highest BCUT2D eigenvalue weighted by molar-refractivity contribution is 5.74. The van der Waals surface area contributed by atoms with E-state index < -0.39 is 5.97 Å². The molecule has 2 N–H and O–H groups in total. The normalized spacial score (nSPS) is 20.8. The number of pyridine rings is 1. The van der Waals surface area contributed by atoms with Gasteiger partial charge in [0, 0.05) is 49.8 Å². The molecule has 2 heterocycles. The Morgan fingerprint density at radius 1 is 1.32 bits per heavy atom. The van der Waals surface area contributed by atoms with Crippen LogP contribution in [0.3, 0.4) is 0 Å². The van der Waals surface area contributed by atoms with Crippen LogP contribution in [0.1, 0.15) is 38.8 Å². The van der Waals surface area contributed by atoms with Gasteiger partial charge in [0.1, 0.15) is 0 Å². The van der Waals surface area contributed by atoms with Crippen LogP contribution in [0.4, 0.5) is 4.79 Å². The monoisotopic (exact) mass is 390 g/mol. The highest BCUT2D eigenvalue weighted by Crippen LogP contribution is 2.28. The number of carboxylic acid groups (broad SMARTS) is 1. The molecule has 0 bridgehead atoms. The number of nitrogens with zero attached hydrogens (tertiary/aromatic N) is 2. The van der Waals surface area contributed by atoms with Gasteiger partial charge in [0.05, 0.1) is 20.1 Å². The number of carboxylic acids is 1. The summed E-state index contributed by atoms with van der Waals surface area (Å²) in [5.74, 6) is -0.725. The quantitative estimate of drug-likeness (QED) is 0.607. The second kappa shape index (κ2) is 11.0. The molecule has 3 atom stereocenters. The van der Waals surface area contributed by atoms with Gasteiger partial charge < -0.3 is 25.0 Å². The molecule has 1 unspecified atom stereocenters. The van der Waals surface area contributed by atoms with Crippen LogP contribution in [0.25, 0.3) is 0 Å². The molecule has 1 fully saturated rings. The predicted molar refractivity (Wildman–Crippen MR) is 106 cm³/mol. The summed E-state index contributed by atoms with van der Waals surface area (Å²) in [6.45, 7) is 7.03. The van der Waals surface area contributed by atoms with E-state index in [2.05, 4.69) is 17.3 Å². The molecule has 1 aliphatic heterocycles. The van der Waals surface area contributed by atoms with Crippen molar-refractivity contribution >= 4 is 12.0 Å². The minimum absolute atomic E-state index is 0.0530. The molecule has 2 rings (SSSR count). The van der Waals surface area contributed by atoms with Crippen LogP contribution in [0.5, 0.6) is 0 Å². The fourth-order valence-electron chi connectivity index (χ4n) is 3.86. The highest BCUT2D eigenvalue weighted by Gasteiger charge is 2.32. The van der Waals surface area contributed by atoms with Crippen molar-refractivity contribution in [3.63, 3.8) is 0 Å². The first-order chi connectivity index (χ1) is 13.3. The first-order valence-corrected chi connectivity index (χ1v) is 10.3. The molecule has 0 saturated carbocycles. The summed E-state index contributed by atoms with van der Waals surface area (Å²) in [5, 5.41) is 14.1. The zero-order valence-corrected chi connectivity index (χ0v) is 17.3. The number of rotatable bonds is 9. The van der Waals surface area contributed by atoms with Gasteiger partial charge in [-0.3, -0.25) is 4.98 Å². The van der Waals surface area contributed by atoms with Crippen LogP contribution in [0.2, 0.25) is 0 Å². The second-order valence-electron chi connectivity index (χ2n) is 8.25.